The van der Waals surface area contributed by atoms with Gasteiger partial charge < -0.3 is 20.3 Å². The molecule has 2 aromatic rings. The van der Waals surface area contributed by atoms with Crippen molar-refractivity contribution in [1.82, 2.24) is 0 Å². The van der Waals surface area contributed by atoms with Gasteiger partial charge in [-0.2, -0.15) is 0 Å². The number of halogens is 1. The number of urea groups is 1. The van der Waals surface area contributed by atoms with Crippen LogP contribution in [-0.2, 0) is 4.79 Å². The largest absolute Gasteiger partial charge is 0.495 e. The third kappa shape index (κ3) is 3.85. The highest BCUT2D eigenvalue weighted by Crippen LogP contribution is 2.34. The molecule has 0 aliphatic carbocycles. The molecule has 0 spiro atoms. The summed E-state index contributed by atoms with van der Waals surface area (Å²) >= 11 is 6.04. The molecule has 2 N–H and O–H groups in total. The van der Waals surface area contributed by atoms with Gasteiger partial charge in [-0.1, -0.05) is 23.7 Å². The van der Waals surface area contributed by atoms with Gasteiger partial charge in [0.1, 0.15) is 5.75 Å². The third-order valence-corrected chi connectivity index (χ3v) is 4.25. The van der Waals surface area contributed by atoms with Gasteiger partial charge in [-0.15, -0.1) is 0 Å². The Morgan fingerprint density at radius 2 is 2.00 bits per heavy atom. The van der Waals surface area contributed by atoms with Crippen molar-refractivity contribution in [3.8, 4) is 5.75 Å². The lowest BCUT2D eigenvalue weighted by Gasteiger charge is -2.20. The number of anilines is 3. The molecular weight excluding hydrogens is 342 g/mol. The number of amides is 3. The number of methoxy groups -OCH3 is 1. The van der Waals surface area contributed by atoms with Gasteiger partial charge in [0.15, 0.2) is 0 Å². The zero-order valence-corrected chi connectivity index (χ0v) is 14.5. The predicted octanol–water partition coefficient (Wildman–Crippen LogP) is 4.12. The fraction of sp³-hybridized carbons (Fsp3) is 0.222. The summed E-state index contributed by atoms with van der Waals surface area (Å²) in [6.07, 6.45) is 1.33. The van der Waals surface area contributed by atoms with Crippen LogP contribution in [0.4, 0.5) is 21.9 Å². The summed E-state index contributed by atoms with van der Waals surface area (Å²) < 4.78 is 5.34. The Morgan fingerprint density at radius 1 is 1.20 bits per heavy atom. The lowest BCUT2D eigenvalue weighted by Crippen LogP contribution is -2.25. The summed E-state index contributed by atoms with van der Waals surface area (Å²) in [6, 6.07) is 11.7. The van der Waals surface area contributed by atoms with Gasteiger partial charge in [0.25, 0.3) is 0 Å². The average Bonchev–Trinajstić information content (AvgIpc) is 3.03. The Hall–Kier alpha value is -2.73. The Kier molecular flexibility index (Phi) is 5.09. The van der Waals surface area contributed by atoms with Crippen LogP contribution in [0.15, 0.2) is 42.5 Å². The number of carbonyl (C=O) groups is 2. The molecule has 1 fully saturated rings. The molecular formula is C18H18ClN3O3. The van der Waals surface area contributed by atoms with Crippen LogP contribution in [0, 0.1) is 0 Å². The van der Waals surface area contributed by atoms with Gasteiger partial charge >= 0.3 is 6.03 Å². The summed E-state index contributed by atoms with van der Waals surface area (Å²) in [4.78, 5) is 25.9. The number of para-hydroxylation sites is 1. The monoisotopic (exact) mass is 359 g/mol. The average molecular weight is 360 g/mol. The van der Waals surface area contributed by atoms with Gasteiger partial charge in [0, 0.05) is 18.7 Å². The molecule has 1 heterocycles. The number of benzene rings is 2. The molecule has 25 heavy (non-hydrogen) atoms. The third-order valence-electron chi connectivity index (χ3n) is 3.92. The first kappa shape index (κ1) is 17.1. The van der Waals surface area contributed by atoms with Crippen LogP contribution in [0.5, 0.6) is 5.75 Å². The van der Waals surface area contributed by atoms with E-state index in [1.807, 2.05) is 0 Å². The van der Waals surface area contributed by atoms with E-state index in [0.717, 1.165) is 6.42 Å². The lowest BCUT2D eigenvalue weighted by atomic mass is 10.2. The van der Waals surface area contributed by atoms with Gasteiger partial charge in [-0.05, 0) is 36.8 Å². The Labute approximate surface area is 150 Å². The van der Waals surface area contributed by atoms with E-state index in [9.17, 15) is 9.59 Å². The van der Waals surface area contributed by atoms with Crippen LogP contribution in [0.25, 0.3) is 0 Å². The summed E-state index contributed by atoms with van der Waals surface area (Å²) in [6.45, 7) is 0.643. The minimum absolute atomic E-state index is 0.0518. The molecule has 3 rings (SSSR count). The van der Waals surface area contributed by atoms with Crippen LogP contribution in [0.2, 0.25) is 5.02 Å². The molecule has 0 saturated carbocycles. The first-order valence-electron chi connectivity index (χ1n) is 7.89. The zero-order valence-electron chi connectivity index (χ0n) is 13.7. The number of nitrogens with one attached hydrogen (secondary N) is 2. The standard InChI is InChI=1S/C18H18ClN3O3/c1-25-16-9-8-12(11-15(16)22-10-4-7-17(22)23)20-18(24)21-14-6-3-2-5-13(14)19/h2-3,5-6,8-9,11H,4,7,10H2,1H3,(H2,20,21,24). The van der Waals surface area contributed by atoms with Crippen molar-refractivity contribution in [3.05, 3.63) is 47.5 Å². The van der Waals surface area contributed by atoms with Gasteiger partial charge in [0.2, 0.25) is 5.91 Å². The highest BCUT2D eigenvalue weighted by Gasteiger charge is 2.24. The number of nitrogens with zero attached hydrogens (tertiary/aromatic N) is 1. The lowest BCUT2D eigenvalue weighted by molar-refractivity contribution is -0.117. The SMILES string of the molecule is COc1ccc(NC(=O)Nc2ccccc2Cl)cc1N1CCCC1=O. The maximum atomic E-state index is 12.2. The number of carbonyl (C=O) groups excluding carboxylic acids is 2. The van der Waals surface area contributed by atoms with E-state index in [-0.39, 0.29) is 5.91 Å². The van der Waals surface area contributed by atoms with E-state index in [4.69, 9.17) is 16.3 Å². The van der Waals surface area contributed by atoms with Crippen molar-refractivity contribution in [2.75, 3.05) is 29.2 Å². The topological polar surface area (TPSA) is 70.7 Å². The Bertz CT molecular complexity index is 810. The highest BCUT2D eigenvalue weighted by atomic mass is 35.5. The second-order valence-electron chi connectivity index (χ2n) is 5.59. The molecule has 1 saturated heterocycles. The second-order valence-corrected chi connectivity index (χ2v) is 6.00. The maximum Gasteiger partial charge on any atom is 0.323 e. The normalized spacial score (nSPS) is 13.7. The van der Waals surface area contributed by atoms with E-state index in [1.54, 1.807) is 54.5 Å². The van der Waals surface area contributed by atoms with Crippen LogP contribution in [0.3, 0.4) is 0 Å². The number of ether oxygens (including phenoxy) is 1. The molecule has 6 nitrogen and oxygen atoms in total. The van der Waals surface area contributed by atoms with Crippen molar-refractivity contribution in [2.24, 2.45) is 0 Å². The van der Waals surface area contributed by atoms with E-state index >= 15 is 0 Å². The minimum atomic E-state index is -0.419. The fourth-order valence-corrected chi connectivity index (χ4v) is 2.91. The molecule has 7 heteroatoms. The predicted molar refractivity (Wildman–Crippen MR) is 98.7 cm³/mol. The summed E-state index contributed by atoms with van der Waals surface area (Å²) in [5.41, 5.74) is 1.73. The minimum Gasteiger partial charge on any atom is -0.495 e. The second kappa shape index (κ2) is 7.44. The molecule has 1 aliphatic heterocycles. The molecule has 0 bridgehead atoms. The van der Waals surface area contributed by atoms with Crippen molar-refractivity contribution in [2.45, 2.75) is 12.8 Å². The maximum absolute atomic E-state index is 12.2. The molecule has 2 aromatic carbocycles. The molecule has 130 valence electrons. The van der Waals surface area contributed by atoms with Crippen LogP contribution in [-0.4, -0.2) is 25.6 Å². The number of hydrogen-bond acceptors (Lipinski definition) is 3. The smallest absolute Gasteiger partial charge is 0.323 e. The number of hydrogen-bond donors (Lipinski definition) is 2. The van der Waals surface area contributed by atoms with E-state index in [1.165, 1.54) is 0 Å². The van der Waals surface area contributed by atoms with Crippen molar-refractivity contribution in [1.29, 1.82) is 0 Å². The highest BCUT2D eigenvalue weighted by molar-refractivity contribution is 6.33. The molecule has 3 amide bonds. The summed E-state index contributed by atoms with van der Waals surface area (Å²) in [5.74, 6) is 0.642. The van der Waals surface area contributed by atoms with Crippen molar-refractivity contribution >= 4 is 40.6 Å². The molecule has 0 radical (unpaired) electrons. The molecule has 1 aliphatic rings. The molecule has 0 unspecified atom stereocenters. The Balaban J connectivity index is 1.77. The summed E-state index contributed by atoms with van der Waals surface area (Å²) in [7, 11) is 1.55. The van der Waals surface area contributed by atoms with Crippen molar-refractivity contribution in [3.63, 3.8) is 0 Å². The van der Waals surface area contributed by atoms with Crippen LogP contribution >= 0.6 is 11.6 Å². The quantitative estimate of drug-likeness (QED) is 0.862. The fourth-order valence-electron chi connectivity index (χ4n) is 2.73. The van der Waals surface area contributed by atoms with Crippen LogP contribution < -0.4 is 20.3 Å². The summed E-state index contributed by atoms with van der Waals surface area (Å²) in [5, 5.41) is 5.89. The van der Waals surface area contributed by atoms with E-state index in [0.29, 0.717) is 40.8 Å². The first-order chi connectivity index (χ1) is 12.1. The van der Waals surface area contributed by atoms with E-state index in [2.05, 4.69) is 10.6 Å². The van der Waals surface area contributed by atoms with Gasteiger partial charge in [-0.25, -0.2) is 4.79 Å². The zero-order chi connectivity index (χ0) is 17.8. The Morgan fingerprint density at radius 3 is 2.68 bits per heavy atom. The van der Waals surface area contributed by atoms with Gasteiger partial charge in [-0.3, -0.25) is 4.79 Å². The number of rotatable bonds is 4. The molecule has 0 aromatic heterocycles. The van der Waals surface area contributed by atoms with E-state index < -0.39 is 6.03 Å². The van der Waals surface area contributed by atoms with Crippen molar-refractivity contribution < 1.29 is 14.3 Å². The molecule has 0 atom stereocenters. The van der Waals surface area contributed by atoms with Crippen LogP contribution in [0.1, 0.15) is 12.8 Å². The van der Waals surface area contributed by atoms with Gasteiger partial charge in [0.05, 0.1) is 23.5 Å². The first-order valence-corrected chi connectivity index (χ1v) is 8.27.